The Kier molecular flexibility index (Phi) is 8.32. The molecule has 282 valence electrons. The highest BCUT2D eigenvalue weighted by Crippen LogP contribution is 2.49. The van der Waals surface area contributed by atoms with Crippen LogP contribution in [0, 0.1) is 0 Å². The standard InChI is InChI=1S/C58H40N2/c1-5-21-47(22-6-1)59(48-23-7-2-8-24-48)51-33-35-53-55(39-51)57(45-31-29-41-17-13-15-19-43(41)37-45)54-36-34-52(60(49-25-9-3-10-26-49)50-27-11-4-12-28-50)40-56(54)58(53)46-32-30-42-18-14-16-20-44(42)38-46/h1-40H/i1D,3D. The summed E-state index contributed by atoms with van der Waals surface area (Å²) in [7, 11) is 0. The van der Waals surface area contributed by atoms with Crippen molar-refractivity contribution >= 4 is 77.2 Å². The third kappa shape index (κ3) is 6.32. The lowest BCUT2D eigenvalue weighted by Gasteiger charge is -2.28. The van der Waals surface area contributed by atoms with Gasteiger partial charge in [-0.15, -0.1) is 0 Å². The van der Waals surface area contributed by atoms with E-state index in [4.69, 9.17) is 2.74 Å². The minimum Gasteiger partial charge on any atom is -0.310 e. The first kappa shape index (κ1) is 33.1. The molecule has 0 amide bonds. The molecule has 0 saturated heterocycles. The average molecular weight is 767 g/mol. The molecular formula is C58H40N2. The molecule has 60 heavy (non-hydrogen) atoms. The monoisotopic (exact) mass is 766 g/mol. The maximum absolute atomic E-state index is 8.28. The number of hydrogen-bond acceptors (Lipinski definition) is 2. The van der Waals surface area contributed by atoms with Gasteiger partial charge in [-0.1, -0.05) is 158 Å². The largest absolute Gasteiger partial charge is 0.310 e. The molecule has 2 heteroatoms. The fourth-order valence-corrected chi connectivity index (χ4v) is 8.90. The zero-order valence-electron chi connectivity index (χ0n) is 34.8. The number of para-hydroxylation sites is 4. The second kappa shape index (κ2) is 15.1. The average Bonchev–Trinajstić information content (AvgIpc) is 3.32. The summed E-state index contributed by atoms with van der Waals surface area (Å²) < 4.78 is 16.6. The lowest BCUT2D eigenvalue weighted by atomic mass is 9.84. The van der Waals surface area contributed by atoms with Crippen molar-refractivity contribution in [2.24, 2.45) is 0 Å². The molecule has 0 aromatic heterocycles. The van der Waals surface area contributed by atoms with E-state index in [9.17, 15) is 0 Å². The lowest BCUT2D eigenvalue weighted by molar-refractivity contribution is 1.29. The molecular weight excluding hydrogens is 725 g/mol. The highest BCUT2D eigenvalue weighted by atomic mass is 15.1. The summed E-state index contributed by atoms with van der Waals surface area (Å²) in [6.07, 6.45) is 0. The summed E-state index contributed by atoms with van der Waals surface area (Å²) in [4.78, 5) is 4.57. The van der Waals surface area contributed by atoms with Crippen molar-refractivity contribution in [3.8, 4) is 22.3 Å². The van der Waals surface area contributed by atoms with Gasteiger partial charge in [0.05, 0.1) is 2.74 Å². The Hall–Kier alpha value is -7.94. The molecule has 2 nitrogen and oxygen atoms in total. The molecule has 0 fully saturated rings. The Morgan fingerprint density at radius 2 is 0.600 bits per heavy atom. The second-order valence-corrected chi connectivity index (χ2v) is 15.2. The van der Waals surface area contributed by atoms with Gasteiger partial charge in [-0.3, -0.25) is 0 Å². The van der Waals surface area contributed by atoms with Gasteiger partial charge >= 0.3 is 0 Å². The molecule has 0 atom stereocenters. The Labute approximate surface area is 353 Å². The van der Waals surface area contributed by atoms with E-state index in [1.54, 1.807) is 0 Å². The van der Waals surface area contributed by atoms with E-state index in [-0.39, 0.29) is 0 Å². The number of benzene rings is 11. The summed E-state index contributed by atoms with van der Waals surface area (Å²) in [5.41, 5.74) is 10.7. The maximum atomic E-state index is 8.28. The van der Waals surface area contributed by atoms with Crippen molar-refractivity contribution in [2.75, 3.05) is 9.80 Å². The topological polar surface area (TPSA) is 6.48 Å². The van der Waals surface area contributed by atoms with E-state index in [1.807, 2.05) is 60.7 Å². The van der Waals surface area contributed by atoms with Gasteiger partial charge in [0.1, 0.15) is 0 Å². The number of hydrogen-bond donors (Lipinski definition) is 0. The van der Waals surface area contributed by atoms with Crippen LogP contribution in [0.15, 0.2) is 243 Å². The summed E-state index contributed by atoms with van der Waals surface area (Å²) in [5, 5.41) is 9.36. The van der Waals surface area contributed by atoms with E-state index in [2.05, 4.69) is 180 Å². The SMILES string of the molecule is [2H]c1ccc(N(c2ccccc2)c2ccc3c(-c4ccc5ccccc5c4)c4cc(N(c5ccccc5)c5ccc([2H])cc5)ccc4c(-c4ccc5ccccc5c4)c3c2)cc1. The van der Waals surface area contributed by atoms with Gasteiger partial charge < -0.3 is 9.80 Å². The van der Waals surface area contributed by atoms with Crippen LogP contribution in [-0.4, -0.2) is 0 Å². The summed E-state index contributed by atoms with van der Waals surface area (Å²) in [6, 6.07) is 82.1. The van der Waals surface area contributed by atoms with Gasteiger partial charge in [-0.25, -0.2) is 0 Å². The van der Waals surface area contributed by atoms with Crippen molar-refractivity contribution in [1.82, 2.24) is 0 Å². The highest BCUT2D eigenvalue weighted by molar-refractivity contribution is 6.23. The zero-order valence-corrected chi connectivity index (χ0v) is 32.8. The molecule has 0 N–H and O–H groups in total. The van der Waals surface area contributed by atoms with Crippen LogP contribution in [0.5, 0.6) is 0 Å². The first-order valence-corrected chi connectivity index (χ1v) is 20.4. The van der Waals surface area contributed by atoms with Crippen molar-refractivity contribution in [2.45, 2.75) is 0 Å². The minimum atomic E-state index is 0.476. The van der Waals surface area contributed by atoms with E-state index in [1.165, 1.54) is 21.5 Å². The number of nitrogens with zero attached hydrogens (tertiary/aromatic N) is 2. The van der Waals surface area contributed by atoms with Crippen LogP contribution in [0.3, 0.4) is 0 Å². The Bertz CT molecular complexity index is 3190. The molecule has 0 heterocycles. The summed E-state index contributed by atoms with van der Waals surface area (Å²) >= 11 is 0. The molecule has 0 unspecified atom stereocenters. The van der Waals surface area contributed by atoms with Gasteiger partial charge in [0.25, 0.3) is 0 Å². The molecule has 0 saturated carbocycles. The molecule has 0 bridgehead atoms. The van der Waals surface area contributed by atoms with E-state index in [0.717, 1.165) is 77.9 Å². The smallest absolute Gasteiger partial charge is 0.0623 e. The molecule has 11 rings (SSSR count). The fraction of sp³-hybridized carbons (Fsp3) is 0. The van der Waals surface area contributed by atoms with Crippen LogP contribution < -0.4 is 9.80 Å². The predicted octanol–water partition coefficient (Wildman–Crippen LogP) is 16.6. The highest BCUT2D eigenvalue weighted by Gasteiger charge is 2.22. The van der Waals surface area contributed by atoms with E-state index in [0.29, 0.717) is 12.1 Å². The van der Waals surface area contributed by atoms with Gasteiger partial charge in [-0.05, 0) is 150 Å². The first-order chi connectivity index (χ1) is 30.6. The van der Waals surface area contributed by atoms with Crippen molar-refractivity contribution in [1.29, 1.82) is 0 Å². The third-order valence-corrected chi connectivity index (χ3v) is 11.6. The normalized spacial score (nSPS) is 11.8. The number of fused-ring (bicyclic) bond motifs is 4. The molecule has 0 aliphatic heterocycles. The zero-order chi connectivity index (χ0) is 41.6. The molecule has 11 aromatic rings. The fourth-order valence-electron chi connectivity index (χ4n) is 8.90. The molecule has 0 radical (unpaired) electrons. The summed E-state index contributed by atoms with van der Waals surface area (Å²) in [5.74, 6) is 0. The number of anilines is 6. The van der Waals surface area contributed by atoms with Crippen LogP contribution in [0.1, 0.15) is 2.74 Å². The molecule has 11 aromatic carbocycles. The molecule has 0 spiro atoms. The summed E-state index contributed by atoms with van der Waals surface area (Å²) in [6.45, 7) is 0. The van der Waals surface area contributed by atoms with Gasteiger partial charge in [0.15, 0.2) is 0 Å². The van der Waals surface area contributed by atoms with Crippen molar-refractivity contribution in [3.63, 3.8) is 0 Å². The van der Waals surface area contributed by atoms with Crippen LogP contribution in [0.25, 0.3) is 65.3 Å². The lowest BCUT2D eigenvalue weighted by Crippen LogP contribution is -2.10. The quantitative estimate of drug-likeness (QED) is 0.142. The minimum absolute atomic E-state index is 0.476. The Balaban J connectivity index is 1.26. The van der Waals surface area contributed by atoms with Crippen LogP contribution in [-0.2, 0) is 0 Å². The van der Waals surface area contributed by atoms with Crippen molar-refractivity contribution < 1.29 is 2.74 Å². The van der Waals surface area contributed by atoms with Crippen molar-refractivity contribution in [3.05, 3.63) is 243 Å². The van der Waals surface area contributed by atoms with Gasteiger partial charge in [-0.2, -0.15) is 0 Å². The Morgan fingerprint density at radius 3 is 1.00 bits per heavy atom. The first-order valence-electron chi connectivity index (χ1n) is 21.4. The third-order valence-electron chi connectivity index (χ3n) is 11.6. The molecule has 0 aliphatic carbocycles. The number of rotatable bonds is 8. The van der Waals surface area contributed by atoms with Crippen LogP contribution in [0.2, 0.25) is 0 Å². The predicted molar refractivity (Wildman–Crippen MR) is 257 cm³/mol. The van der Waals surface area contributed by atoms with Crippen LogP contribution >= 0.6 is 0 Å². The second-order valence-electron chi connectivity index (χ2n) is 15.2. The van der Waals surface area contributed by atoms with Gasteiger partial charge in [0.2, 0.25) is 0 Å². The van der Waals surface area contributed by atoms with E-state index < -0.39 is 0 Å². The van der Waals surface area contributed by atoms with Crippen LogP contribution in [0.4, 0.5) is 34.1 Å². The van der Waals surface area contributed by atoms with Gasteiger partial charge in [0, 0.05) is 34.1 Å². The van der Waals surface area contributed by atoms with E-state index >= 15 is 0 Å². The molecule has 0 aliphatic rings. The Morgan fingerprint density at radius 1 is 0.250 bits per heavy atom. The maximum Gasteiger partial charge on any atom is 0.0623 e.